The fourth-order valence-electron chi connectivity index (χ4n) is 1.57. The quantitative estimate of drug-likeness (QED) is 0.794. The third-order valence-corrected chi connectivity index (χ3v) is 2.89. The maximum absolute atomic E-state index is 11.9. The summed E-state index contributed by atoms with van der Waals surface area (Å²) in [6.45, 7) is 0. The minimum atomic E-state index is -0.383. The van der Waals surface area contributed by atoms with Gasteiger partial charge in [-0.05, 0) is 28.1 Å². The van der Waals surface area contributed by atoms with Crippen LogP contribution in [0.1, 0.15) is 10.6 Å². The lowest BCUT2D eigenvalue weighted by atomic mass is 10.4. The number of rotatable bonds is 3. The molecular weight excluding hydrogens is 326 g/mol. The summed E-state index contributed by atoms with van der Waals surface area (Å²) in [5, 5.41) is 2.64. The van der Waals surface area contributed by atoms with Crippen LogP contribution in [0.2, 0.25) is 0 Å². The molecule has 0 aliphatic carbocycles. The topological polar surface area (TPSA) is 85.8 Å². The fourth-order valence-corrected chi connectivity index (χ4v) is 1.87. The Kier molecular flexibility index (Phi) is 3.30. The van der Waals surface area contributed by atoms with E-state index >= 15 is 0 Å². The summed E-state index contributed by atoms with van der Waals surface area (Å²) in [7, 11) is 0. The van der Waals surface area contributed by atoms with Crippen LogP contribution in [0.15, 0.2) is 52.3 Å². The molecule has 0 aliphatic rings. The summed E-state index contributed by atoms with van der Waals surface area (Å²) in [6.07, 6.45) is 6.36. The minimum absolute atomic E-state index is 0.194. The van der Waals surface area contributed by atoms with Gasteiger partial charge in [-0.15, -0.1) is 0 Å². The van der Waals surface area contributed by atoms with Crippen molar-refractivity contribution in [1.29, 1.82) is 0 Å². The zero-order valence-corrected chi connectivity index (χ0v) is 11.6. The van der Waals surface area contributed by atoms with Crippen molar-refractivity contribution in [3.8, 4) is 5.82 Å². The third-order valence-electron chi connectivity index (χ3n) is 2.46. The van der Waals surface area contributed by atoms with Crippen LogP contribution in [-0.2, 0) is 0 Å². The molecule has 1 amide bonds. The van der Waals surface area contributed by atoms with E-state index in [0.29, 0.717) is 16.3 Å². The SMILES string of the molecule is O=C(Nc1cc(-n2ccnc2)ncn1)c1ccc(Br)o1. The van der Waals surface area contributed by atoms with E-state index in [9.17, 15) is 4.79 Å². The molecule has 0 saturated heterocycles. The molecule has 100 valence electrons. The van der Waals surface area contributed by atoms with Gasteiger partial charge in [-0.1, -0.05) is 0 Å². The Bertz CT molecular complexity index is 738. The van der Waals surface area contributed by atoms with Gasteiger partial charge in [0.15, 0.2) is 10.4 Å². The van der Waals surface area contributed by atoms with Crippen molar-refractivity contribution in [3.63, 3.8) is 0 Å². The normalized spacial score (nSPS) is 10.4. The number of hydrogen-bond acceptors (Lipinski definition) is 5. The molecule has 0 bridgehead atoms. The van der Waals surface area contributed by atoms with Gasteiger partial charge in [0.2, 0.25) is 0 Å². The molecule has 0 spiro atoms. The van der Waals surface area contributed by atoms with E-state index in [2.05, 4.69) is 36.2 Å². The van der Waals surface area contributed by atoms with E-state index in [0.717, 1.165) is 0 Å². The summed E-state index contributed by atoms with van der Waals surface area (Å²) >= 11 is 3.14. The van der Waals surface area contributed by atoms with Gasteiger partial charge in [-0.2, -0.15) is 0 Å². The Hall–Kier alpha value is -2.48. The number of carbonyl (C=O) groups is 1. The molecule has 0 atom stereocenters. The summed E-state index contributed by atoms with van der Waals surface area (Å²) in [5.41, 5.74) is 0. The van der Waals surface area contributed by atoms with Gasteiger partial charge in [-0.25, -0.2) is 15.0 Å². The lowest BCUT2D eigenvalue weighted by Gasteiger charge is -2.04. The molecule has 0 fully saturated rings. The van der Waals surface area contributed by atoms with Gasteiger partial charge in [0.25, 0.3) is 5.91 Å². The second kappa shape index (κ2) is 5.25. The summed E-state index contributed by atoms with van der Waals surface area (Å²) in [5.74, 6) is 0.792. The molecule has 3 rings (SSSR count). The molecule has 0 saturated carbocycles. The smallest absolute Gasteiger partial charge is 0.292 e. The Labute approximate surface area is 121 Å². The van der Waals surface area contributed by atoms with Crippen LogP contribution in [-0.4, -0.2) is 25.4 Å². The molecule has 0 radical (unpaired) electrons. The van der Waals surface area contributed by atoms with Gasteiger partial charge in [0, 0.05) is 18.5 Å². The predicted octanol–water partition coefficient (Wildman–Crippen LogP) is 2.27. The van der Waals surface area contributed by atoms with Crippen molar-refractivity contribution in [1.82, 2.24) is 19.5 Å². The first-order chi connectivity index (χ1) is 9.72. The van der Waals surface area contributed by atoms with Gasteiger partial charge in [-0.3, -0.25) is 9.36 Å². The monoisotopic (exact) mass is 333 g/mol. The van der Waals surface area contributed by atoms with Crippen molar-refractivity contribution in [2.24, 2.45) is 0 Å². The van der Waals surface area contributed by atoms with Gasteiger partial charge in [0.05, 0.1) is 0 Å². The van der Waals surface area contributed by atoms with Gasteiger partial charge >= 0.3 is 0 Å². The molecular formula is C12H8BrN5O2. The summed E-state index contributed by atoms with van der Waals surface area (Å²) in [4.78, 5) is 23.9. The maximum Gasteiger partial charge on any atom is 0.292 e. The van der Waals surface area contributed by atoms with Crippen molar-refractivity contribution < 1.29 is 9.21 Å². The van der Waals surface area contributed by atoms with Crippen molar-refractivity contribution in [3.05, 3.63) is 53.7 Å². The van der Waals surface area contributed by atoms with E-state index in [-0.39, 0.29) is 11.7 Å². The highest BCUT2D eigenvalue weighted by atomic mass is 79.9. The molecule has 3 aromatic rings. The standard InChI is InChI=1S/C12H8BrN5O2/c13-9-2-1-8(20-9)12(19)17-10-5-11(16-6-15-10)18-4-3-14-7-18/h1-7H,(H,15,16,17,19). The van der Waals surface area contributed by atoms with E-state index in [1.807, 2.05) is 0 Å². The number of hydrogen-bond donors (Lipinski definition) is 1. The minimum Gasteiger partial charge on any atom is -0.444 e. The Morgan fingerprint density at radius 2 is 2.25 bits per heavy atom. The highest BCUT2D eigenvalue weighted by molar-refractivity contribution is 9.10. The van der Waals surface area contributed by atoms with Crippen molar-refractivity contribution in [2.75, 3.05) is 5.32 Å². The maximum atomic E-state index is 11.9. The number of carbonyl (C=O) groups excluding carboxylic acids is 1. The van der Waals surface area contributed by atoms with E-state index in [1.54, 1.807) is 41.5 Å². The molecule has 0 aliphatic heterocycles. The number of nitrogens with zero attached hydrogens (tertiary/aromatic N) is 4. The molecule has 20 heavy (non-hydrogen) atoms. The Morgan fingerprint density at radius 3 is 2.95 bits per heavy atom. The fraction of sp³-hybridized carbons (Fsp3) is 0. The molecule has 8 heteroatoms. The van der Waals surface area contributed by atoms with Crippen molar-refractivity contribution in [2.45, 2.75) is 0 Å². The van der Waals surface area contributed by atoms with Crippen LogP contribution in [0.25, 0.3) is 5.82 Å². The molecule has 1 N–H and O–H groups in total. The second-order valence-corrected chi connectivity index (χ2v) is 4.57. The number of anilines is 1. The molecule has 0 unspecified atom stereocenters. The lowest BCUT2D eigenvalue weighted by Crippen LogP contribution is -2.12. The number of imidazole rings is 1. The van der Waals surface area contributed by atoms with E-state index in [4.69, 9.17) is 4.42 Å². The Morgan fingerprint density at radius 1 is 1.35 bits per heavy atom. The molecule has 3 heterocycles. The van der Waals surface area contributed by atoms with Crippen LogP contribution in [0.5, 0.6) is 0 Å². The van der Waals surface area contributed by atoms with Crippen LogP contribution in [0, 0.1) is 0 Å². The highest BCUT2D eigenvalue weighted by Crippen LogP contribution is 2.16. The number of halogens is 1. The van der Waals surface area contributed by atoms with E-state index in [1.165, 1.54) is 6.33 Å². The van der Waals surface area contributed by atoms with Gasteiger partial charge < -0.3 is 9.73 Å². The zero-order chi connectivity index (χ0) is 13.9. The van der Waals surface area contributed by atoms with Crippen LogP contribution < -0.4 is 5.32 Å². The van der Waals surface area contributed by atoms with Crippen LogP contribution in [0.3, 0.4) is 0 Å². The summed E-state index contributed by atoms with van der Waals surface area (Å²) in [6, 6.07) is 4.85. The zero-order valence-electron chi connectivity index (χ0n) is 10.0. The van der Waals surface area contributed by atoms with E-state index < -0.39 is 0 Å². The highest BCUT2D eigenvalue weighted by Gasteiger charge is 2.11. The number of amides is 1. The average Bonchev–Trinajstić information content (AvgIpc) is 3.10. The first kappa shape index (κ1) is 12.5. The largest absolute Gasteiger partial charge is 0.444 e. The van der Waals surface area contributed by atoms with Crippen molar-refractivity contribution >= 4 is 27.7 Å². The van der Waals surface area contributed by atoms with Crippen LogP contribution >= 0.6 is 15.9 Å². The predicted molar refractivity (Wildman–Crippen MR) is 73.5 cm³/mol. The number of aromatic nitrogens is 4. The Balaban J connectivity index is 1.81. The second-order valence-electron chi connectivity index (χ2n) is 3.79. The first-order valence-electron chi connectivity index (χ1n) is 5.59. The van der Waals surface area contributed by atoms with Crippen LogP contribution in [0.4, 0.5) is 5.82 Å². The molecule has 0 aromatic carbocycles. The molecule has 7 nitrogen and oxygen atoms in total. The third kappa shape index (κ3) is 2.59. The average molecular weight is 334 g/mol. The summed E-state index contributed by atoms with van der Waals surface area (Å²) < 4.78 is 7.37. The molecule has 3 aromatic heterocycles. The van der Waals surface area contributed by atoms with Gasteiger partial charge in [0.1, 0.15) is 24.3 Å². The number of furan rings is 1. The number of nitrogens with one attached hydrogen (secondary N) is 1. The first-order valence-corrected chi connectivity index (χ1v) is 6.39. The lowest BCUT2D eigenvalue weighted by molar-refractivity contribution is 0.0995.